The van der Waals surface area contributed by atoms with Gasteiger partial charge in [-0.25, -0.2) is 4.79 Å². The Balaban J connectivity index is 2.79. The molecule has 0 fully saturated rings. The molecule has 0 spiro atoms. The number of methoxy groups -OCH3 is 1. The van der Waals surface area contributed by atoms with Gasteiger partial charge in [0, 0.05) is 0 Å². The number of halogens is 2. The van der Waals surface area contributed by atoms with Crippen molar-refractivity contribution in [3.05, 3.63) is 29.8 Å². The van der Waals surface area contributed by atoms with E-state index < -0.39 is 24.8 Å². The zero-order valence-electron chi connectivity index (χ0n) is 14.7. The van der Waals surface area contributed by atoms with Gasteiger partial charge >= 0.3 is 12.7 Å². The van der Waals surface area contributed by atoms with Crippen molar-refractivity contribution in [2.24, 2.45) is 5.92 Å². The van der Waals surface area contributed by atoms with Gasteiger partial charge in [-0.3, -0.25) is 4.79 Å². The van der Waals surface area contributed by atoms with Gasteiger partial charge in [0.05, 0.1) is 13.2 Å². The summed E-state index contributed by atoms with van der Waals surface area (Å²) < 4.78 is 33.5. The van der Waals surface area contributed by atoms with Gasteiger partial charge in [-0.15, -0.1) is 0 Å². The Morgan fingerprint density at radius 2 is 1.84 bits per heavy atom. The summed E-state index contributed by atoms with van der Waals surface area (Å²) in [5, 5.41) is 5.25. The van der Waals surface area contributed by atoms with Crippen molar-refractivity contribution in [1.82, 2.24) is 10.6 Å². The van der Waals surface area contributed by atoms with Gasteiger partial charge in [0.2, 0.25) is 5.91 Å². The van der Waals surface area contributed by atoms with E-state index >= 15 is 0 Å². The van der Waals surface area contributed by atoms with E-state index in [0.717, 1.165) is 0 Å². The summed E-state index contributed by atoms with van der Waals surface area (Å²) >= 11 is 0. The molecule has 8 heteroatoms. The second-order valence-corrected chi connectivity index (χ2v) is 6.00. The van der Waals surface area contributed by atoms with E-state index in [4.69, 9.17) is 0 Å². The van der Waals surface area contributed by atoms with Crippen LogP contribution in [-0.2, 0) is 9.53 Å². The Morgan fingerprint density at radius 3 is 2.40 bits per heavy atom. The lowest BCUT2D eigenvalue weighted by molar-refractivity contribution is -0.124. The standard InChI is InChI=1S/C17H24F2N2O4/c1-10(2)8-14(21-17(23)24-4)15(22)20-11(3)12-6-5-7-13(9-12)25-16(18)19/h5-7,9-11,14,16H,8H2,1-4H3,(H,20,22)(H,21,23). The van der Waals surface area contributed by atoms with Crippen LogP contribution in [-0.4, -0.2) is 31.8 Å². The van der Waals surface area contributed by atoms with E-state index in [9.17, 15) is 18.4 Å². The van der Waals surface area contributed by atoms with Crippen LogP contribution in [0.25, 0.3) is 0 Å². The second-order valence-electron chi connectivity index (χ2n) is 6.00. The van der Waals surface area contributed by atoms with Gasteiger partial charge in [0.15, 0.2) is 0 Å². The van der Waals surface area contributed by atoms with Crippen molar-refractivity contribution < 1.29 is 27.8 Å². The maximum absolute atomic E-state index is 12.4. The van der Waals surface area contributed by atoms with Crippen LogP contribution in [0.3, 0.4) is 0 Å². The van der Waals surface area contributed by atoms with E-state index in [0.29, 0.717) is 12.0 Å². The molecule has 2 unspecified atom stereocenters. The lowest BCUT2D eigenvalue weighted by Gasteiger charge is -2.22. The zero-order valence-corrected chi connectivity index (χ0v) is 14.7. The molecule has 0 heterocycles. The first kappa shape index (κ1) is 20.7. The first-order chi connectivity index (χ1) is 11.7. The summed E-state index contributed by atoms with van der Waals surface area (Å²) in [7, 11) is 1.22. The fraction of sp³-hybridized carbons (Fsp3) is 0.529. The van der Waals surface area contributed by atoms with Gasteiger partial charge in [0.1, 0.15) is 11.8 Å². The molecular weight excluding hydrogens is 334 g/mol. The molecule has 0 saturated heterocycles. The van der Waals surface area contributed by atoms with E-state index in [1.54, 1.807) is 19.1 Å². The Kier molecular flexibility index (Phi) is 8.10. The molecule has 2 amide bonds. The van der Waals surface area contributed by atoms with E-state index in [-0.39, 0.29) is 17.6 Å². The average Bonchev–Trinajstić information content (AvgIpc) is 2.53. The first-order valence-electron chi connectivity index (χ1n) is 7.92. The molecule has 2 atom stereocenters. The monoisotopic (exact) mass is 358 g/mol. The third-order valence-corrected chi connectivity index (χ3v) is 3.44. The number of rotatable bonds is 8. The van der Waals surface area contributed by atoms with Crippen LogP contribution in [0.4, 0.5) is 13.6 Å². The summed E-state index contributed by atoms with van der Waals surface area (Å²) in [5.74, 6) is -0.197. The predicted molar refractivity (Wildman–Crippen MR) is 88.4 cm³/mol. The summed E-state index contributed by atoms with van der Waals surface area (Å²) in [4.78, 5) is 23.9. The zero-order chi connectivity index (χ0) is 19.0. The van der Waals surface area contributed by atoms with Crippen molar-refractivity contribution in [2.75, 3.05) is 7.11 Å². The van der Waals surface area contributed by atoms with Crippen LogP contribution < -0.4 is 15.4 Å². The molecule has 1 aromatic rings. The summed E-state index contributed by atoms with van der Waals surface area (Å²) in [6, 6.07) is 4.88. The van der Waals surface area contributed by atoms with Gasteiger partial charge < -0.3 is 20.1 Å². The SMILES string of the molecule is COC(=O)NC(CC(C)C)C(=O)NC(C)c1cccc(OC(F)F)c1. The van der Waals surface area contributed by atoms with E-state index in [1.807, 2.05) is 13.8 Å². The predicted octanol–water partition coefficient (Wildman–Crippen LogP) is 3.24. The fourth-order valence-corrected chi connectivity index (χ4v) is 2.26. The van der Waals surface area contributed by atoms with Crippen LogP contribution in [0, 0.1) is 5.92 Å². The molecule has 0 saturated carbocycles. The molecule has 6 nitrogen and oxygen atoms in total. The topological polar surface area (TPSA) is 76.7 Å². The minimum Gasteiger partial charge on any atom is -0.453 e. The highest BCUT2D eigenvalue weighted by atomic mass is 19.3. The van der Waals surface area contributed by atoms with Gasteiger partial charge in [-0.2, -0.15) is 8.78 Å². The molecular formula is C17H24F2N2O4. The average molecular weight is 358 g/mol. The second kappa shape index (κ2) is 9.80. The Hall–Kier alpha value is -2.38. The number of alkyl carbamates (subject to hydrolysis) is 1. The van der Waals surface area contributed by atoms with Crippen molar-refractivity contribution >= 4 is 12.0 Å². The molecule has 0 bridgehead atoms. The van der Waals surface area contributed by atoms with Gasteiger partial charge in [-0.1, -0.05) is 26.0 Å². The van der Waals surface area contributed by atoms with Crippen LogP contribution in [0.1, 0.15) is 38.8 Å². The summed E-state index contributed by atoms with van der Waals surface area (Å²) in [5.41, 5.74) is 0.605. The fourth-order valence-electron chi connectivity index (χ4n) is 2.26. The van der Waals surface area contributed by atoms with Crippen molar-refractivity contribution in [1.29, 1.82) is 0 Å². The van der Waals surface area contributed by atoms with E-state index in [2.05, 4.69) is 20.1 Å². The molecule has 1 rings (SSSR count). The largest absolute Gasteiger partial charge is 0.453 e. The Bertz CT molecular complexity index is 582. The number of carbonyl (C=O) groups excluding carboxylic acids is 2. The van der Waals surface area contributed by atoms with Crippen molar-refractivity contribution in [3.63, 3.8) is 0 Å². The molecule has 0 radical (unpaired) electrons. The third kappa shape index (κ3) is 7.36. The molecule has 2 N–H and O–H groups in total. The number of benzene rings is 1. The highest BCUT2D eigenvalue weighted by molar-refractivity contribution is 5.85. The third-order valence-electron chi connectivity index (χ3n) is 3.44. The minimum atomic E-state index is -2.92. The number of hydrogen-bond acceptors (Lipinski definition) is 4. The number of hydrogen-bond donors (Lipinski definition) is 2. The normalized spacial score (nSPS) is 13.3. The molecule has 0 aliphatic carbocycles. The number of ether oxygens (including phenoxy) is 2. The van der Waals surface area contributed by atoms with Gasteiger partial charge in [0.25, 0.3) is 0 Å². The van der Waals surface area contributed by atoms with Crippen LogP contribution >= 0.6 is 0 Å². The summed E-state index contributed by atoms with van der Waals surface area (Å²) in [6.45, 7) is 2.64. The van der Waals surface area contributed by atoms with Crippen molar-refractivity contribution in [2.45, 2.75) is 45.9 Å². The first-order valence-corrected chi connectivity index (χ1v) is 7.92. The highest BCUT2D eigenvalue weighted by Gasteiger charge is 2.24. The van der Waals surface area contributed by atoms with Gasteiger partial charge in [-0.05, 0) is 37.0 Å². The maximum Gasteiger partial charge on any atom is 0.407 e. The Morgan fingerprint density at radius 1 is 1.16 bits per heavy atom. The smallest absolute Gasteiger partial charge is 0.407 e. The number of alkyl halides is 2. The Labute approximate surface area is 145 Å². The van der Waals surface area contributed by atoms with E-state index in [1.165, 1.54) is 19.2 Å². The van der Waals surface area contributed by atoms with Crippen molar-refractivity contribution in [3.8, 4) is 5.75 Å². The molecule has 140 valence electrons. The lowest BCUT2D eigenvalue weighted by atomic mass is 10.0. The quantitative estimate of drug-likeness (QED) is 0.748. The molecule has 0 aromatic heterocycles. The number of amides is 2. The highest BCUT2D eigenvalue weighted by Crippen LogP contribution is 2.21. The molecule has 1 aromatic carbocycles. The van der Waals surface area contributed by atoms with Crippen LogP contribution in [0.15, 0.2) is 24.3 Å². The number of nitrogens with one attached hydrogen (secondary N) is 2. The van der Waals surface area contributed by atoms with Crippen LogP contribution in [0.5, 0.6) is 5.75 Å². The maximum atomic E-state index is 12.4. The minimum absolute atomic E-state index is 0.0139. The van der Waals surface area contributed by atoms with Crippen LogP contribution in [0.2, 0.25) is 0 Å². The molecule has 0 aliphatic rings. The lowest BCUT2D eigenvalue weighted by Crippen LogP contribution is -2.47. The molecule has 25 heavy (non-hydrogen) atoms. The molecule has 0 aliphatic heterocycles. The summed E-state index contributed by atoms with van der Waals surface area (Å²) in [6.07, 6.45) is -0.261. The number of carbonyl (C=O) groups is 2.